The van der Waals surface area contributed by atoms with Gasteiger partial charge < -0.3 is 15.8 Å². The van der Waals surface area contributed by atoms with Gasteiger partial charge in [0, 0.05) is 37.8 Å². The average molecular weight is 223 g/mol. The summed E-state index contributed by atoms with van der Waals surface area (Å²) in [5.74, 6) is 0. The third-order valence-corrected chi connectivity index (χ3v) is 2.72. The minimum absolute atomic E-state index is 0.432. The van der Waals surface area contributed by atoms with Crippen LogP contribution >= 0.6 is 0 Å². The SMILES string of the molecule is CNC(CCCOC)Cc1cnccc1N. The summed E-state index contributed by atoms with van der Waals surface area (Å²) in [5.41, 5.74) is 7.82. The molecular formula is C12H21N3O. The number of nitrogen functional groups attached to an aromatic ring is 1. The maximum atomic E-state index is 5.89. The molecule has 0 amide bonds. The van der Waals surface area contributed by atoms with Gasteiger partial charge in [0.15, 0.2) is 0 Å². The summed E-state index contributed by atoms with van der Waals surface area (Å²) in [6.07, 6.45) is 6.62. The lowest BCUT2D eigenvalue weighted by molar-refractivity contribution is 0.189. The molecule has 0 radical (unpaired) electrons. The number of ether oxygens (including phenoxy) is 1. The Balaban J connectivity index is 2.46. The van der Waals surface area contributed by atoms with E-state index in [1.807, 2.05) is 19.3 Å². The van der Waals surface area contributed by atoms with E-state index in [-0.39, 0.29) is 0 Å². The third kappa shape index (κ3) is 4.16. The Kier molecular flexibility index (Phi) is 5.82. The normalized spacial score (nSPS) is 12.6. The summed E-state index contributed by atoms with van der Waals surface area (Å²) in [6.45, 7) is 0.806. The first-order chi connectivity index (χ1) is 7.77. The molecule has 0 aliphatic carbocycles. The lowest BCUT2D eigenvalue weighted by atomic mass is 10.0. The third-order valence-electron chi connectivity index (χ3n) is 2.72. The van der Waals surface area contributed by atoms with Crippen LogP contribution < -0.4 is 11.1 Å². The molecule has 1 rings (SSSR count). The number of methoxy groups -OCH3 is 1. The van der Waals surface area contributed by atoms with Crippen LogP contribution in [0.5, 0.6) is 0 Å². The minimum atomic E-state index is 0.432. The Morgan fingerprint density at radius 2 is 2.38 bits per heavy atom. The minimum Gasteiger partial charge on any atom is -0.398 e. The second kappa shape index (κ2) is 7.19. The maximum absolute atomic E-state index is 5.89. The van der Waals surface area contributed by atoms with Crippen LogP contribution in [-0.4, -0.2) is 31.8 Å². The lowest BCUT2D eigenvalue weighted by Gasteiger charge is -2.16. The van der Waals surface area contributed by atoms with Crippen molar-refractivity contribution in [1.82, 2.24) is 10.3 Å². The number of nitrogens with one attached hydrogen (secondary N) is 1. The van der Waals surface area contributed by atoms with Gasteiger partial charge in [0.2, 0.25) is 0 Å². The number of nitrogens with two attached hydrogens (primary N) is 1. The molecule has 0 spiro atoms. The summed E-state index contributed by atoms with van der Waals surface area (Å²) in [4.78, 5) is 4.10. The van der Waals surface area contributed by atoms with Crippen LogP contribution in [0.3, 0.4) is 0 Å². The molecule has 1 aromatic heterocycles. The molecule has 0 saturated heterocycles. The zero-order valence-corrected chi connectivity index (χ0v) is 10.1. The predicted molar refractivity (Wildman–Crippen MR) is 66.3 cm³/mol. The average Bonchev–Trinajstić information content (AvgIpc) is 2.30. The van der Waals surface area contributed by atoms with E-state index in [4.69, 9.17) is 10.5 Å². The van der Waals surface area contributed by atoms with E-state index in [1.54, 1.807) is 13.3 Å². The van der Waals surface area contributed by atoms with E-state index in [0.29, 0.717) is 6.04 Å². The zero-order chi connectivity index (χ0) is 11.8. The molecule has 0 bridgehead atoms. The summed E-state index contributed by atoms with van der Waals surface area (Å²) in [5, 5.41) is 3.30. The first-order valence-electron chi connectivity index (χ1n) is 5.62. The molecule has 1 unspecified atom stereocenters. The van der Waals surface area contributed by atoms with E-state index >= 15 is 0 Å². The molecule has 0 saturated carbocycles. The van der Waals surface area contributed by atoms with Gasteiger partial charge in [0.1, 0.15) is 0 Å². The Morgan fingerprint density at radius 3 is 3.00 bits per heavy atom. The molecule has 0 aliphatic rings. The summed E-state index contributed by atoms with van der Waals surface area (Å²) in [6, 6.07) is 2.28. The molecule has 0 aromatic carbocycles. The van der Waals surface area contributed by atoms with Crippen LogP contribution in [0.1, 0.15) is 18.4 Å². The highest BCUT2D eigenvalue weighted by atomic mass is 16.5. The molecule has 1 aromatic rings. The number of anilines is 1. The molecule has 3 N–H and O–H groups in total. The Morgan fingerprint density at radius 1 is 1.56 bits per heavy atom. The van der Waals surface area contributed by atoms with Gasteiger partial charge in [-0.3, -0.25) is 4.98 Å². The van der Waals surface area contributed by atoms with Crippen molar-refractivity contribution in [3.8, 4) is 0 Å². The quantitative estimate of drug-likeness (QED) is 0.682. The highest BCUT2D eigenvalue weighted by Crippen LogP contribution is 2.13. The van der Waals surface area contributed by atoms with Gasteiger partial charge in [-0.15, -0.1) is 0 Å². The van der Waals surface area contributed by atoms with Gasteiger partial charge in [-0.05, 0) is 37.9 Å². The fourth-order valence-corrected chi connectivity index (χ4v) is 1.70. The smallest absolute Gasteiger partial charge is 0.0462 e. The first-order valence-corrected chi connectivity index (χ1v) is 5.62. The Labute approximate surface area is 97.2 Å². The molecule has 1 atom stereocenters. The fourth-order valence-electron chi connectivity index (χ4n) is 1.70. The van der Waals surface area contributed by atoms with E-state index in [9.17, 15) is 0 Å². The topological polar surface area (TPSA) is 60.2 Å². The largest absolute Gasteiger partial charge is 0.398 e. The number of pyridine rings is 1. The second-order valence-electron chi connectivity index (χ2n) is 3.90. The summed E-state index contributed by atoms with van der Waals surface area (Å²) < 4.78 is 5.05. The fraction of sp³-hybridized carbons (Fsp3) is 0.583. The van der Waals surface area contributed by atoms with Crippen molar-refractivity contribution in [2.75, 3.05) is 26.5 Å². The predicted octanol–water partition coefficient (Wildman–Crippen LogP) is 1.22. The Bertz CT molecular complexity index is 304. The number of nitrogens with zero attached hydrogens (tertiary/aromatic N) is 1. The molecule has 4 heteroatoms. The maximum Gasteiger partial charge on any atom is 0.0462 e. The number of rotatable bonds is 7. The highest BCUT2D eigenvalue weighted by Gasteiger charge is 2.09. The Hall–Kier alpha value is -1.13. The van der Waals surface area contributed by atoms with Gasteiger partial charge in [-0.25, -0.2) is 0 Å². The van der Waals surface area contributed by atoms with Crippen LogP contribution in [0.4, 0.5) is 5.69 Å². The van der Waals surface area contributed by atoms with Crippen LogP contribution in [-0.2, 0) is 11.2 Å². The molecule has 0 aliphatic heterocycles. The van der Waals surface area contributed by atoms with E-state index < -0.39 is 0 Å². The van der Waals surface area contributed by atoms with Crippen molar-refractivity contribution < 1.29 is 4.74 Å². The molecule has 16 heavy (non-hydrogen) atoms. The lowest BCUT2D eigenvalue weighted by Crippen LogP contribution is -2.28. The van der Waals surface area contributed by atoms with Crippen LogP contribution in [0.25, 0.3) is 0 Å². The van der Waals surface area contributed by atoms with E-state index in [0.717, 1.165) is 37.1 Å². The van der Waals surface area contributed by atoms with Crippen molar-refractivity contribution in [1.29, 1.82) is 0 Å². The molecule has 90 valence electrons. The highest BCUT2D eigenvalue weighted by molar-refractivity contribution is 5.44. The van der Waals surface area contributed by atoms with Gasteiger partial charge in [0.25, 0.3) is 0 Å². The van der Waals surface area contributed by atoms with Crippen molar-refractivity contribution in [2.45, 2.75) is 25.3 Å². The van der Waals surface area contributed by atoms with Crippen molar-refractivity contribution in [2.24, 2.45) is 0 Å². The van der Waals surface area contributed by atoms with Crippen molar-refractivity contribution in [3.05, 3.63) is 24.0 Å². The van der Waals surface area contributed by atoms with Gasteiger partial charge in [-0.1, -0.05) is 0 Å². The van der Waals surface area contributed by atoms with E-state index in [1.165, 1.54) is 0 Å². The van der Waals surface area contributed by atoms with Gasteiger partial charge in [0.05, 0.1) is 0 Å². The molecule has 4 nitrogen and oxygen atoms in total. The second-order valence-corrected chi connectivity index (χ2v) is 3.90. The monoisotopic (exact) mass is 223 g/mol. The molecular weight excluding hydrogens is 202 g/mol. The molecule has 0 fully saturated rings. The zero-order valence-electron chi connectivity index (χ0n) is 10.1. The van der Waals surface area contributed by atoms with E-state index in [2.05, 4.69) is 10.3 Å². The standard InChI is InChI=1S/C12H21N3O/c1-14-11(4-3-7-16-2)8-10-9-15-6-5-12(10)13/h5-6,9,11,14H,3-4,7-8H2,1-2H3,(H2,13,15). The van der Waals surface area contributed by atoms with Crippen LogP contribution in [0.15, 0.2) is 18.5 Å². The van der Waals surface area contributed by atoms with Gasteiger partial charge >= 0.3 is 0 Å². The number of likely N-dealkylation sites (N-methyl/N-ethyl adjacent to an activating group) is 1. The number of aromatic nitrogens is 1. The summed E-state index contributed by atoms with van der Waals surface area (Å²) >= 11 is 0. The van der Waals surface area contributed by atoms with Gasteiger partial charge in [-0.2, -0.15) is 0 Å². The number of hydrogen-bond acceptors (Lipinski definition) is 4. The van der Waals surface area contributed by atoms with Crippen molar-refractivity contribution in [3.63, 3.8) is 0 Å². The van der Waals surface area contributed by atoms with Crippen LogP contribution in [0.2, 0.25) is 0 Å². The molecule has 1 heterocycles. The first kappa shape index (κ1) is 12.9. The number of hydrogen-bond donors (Lipinski definition) is 2. The van der Waals surface area contributed by atoms with Crippen LogP contribution in [0, 0.1) is 0 Å². The van der Waals surface area contributed by atoms with Crippen molar-refractivity contribution >= 4 is 5.69 Å². The summed E-state index contributed by atoms with van der Waals surface area (Å²) in [7, 11) is 3.71.